The minimum atomic E-state index is -0.172. The molecule has 3 heterocycles. The predicted molar refractivity (Wildman–Crippen MR) is 154 cm³/mol. The Morgan fingerprint density at radius 2 is 1.77 bits per heavy atom. The molecule has 2 N–H and O–H groups in total. The maximum atomic E-state index is 13.2. The zero-order valence-corrected chi connectivity index (χ0v) is 22.9. The van der Waals surface area contributed by atoms with Crippen LogP contribution < -0.4 is 15.5 Å². The summed E-state index contributed by atoms with van der Waals surface area (Å²) in [5.41, 5.74) is 7.28. The summed E-state index contributed by atoms with van der Waals surface area (Å²) in [6.45, 7) is 5.30. The minimum Gasteiger partial charge on any atom is -0.378 e. The van der Waals surface area contributed by atoms with Gasteiger partial charge in [0.15, 0.2) is 5.69 Å². The van der Waals surface area contributed by atoms with Crippen molar-refractivity contribution in [3.05, 3.63) is 83.2 Å². The number of nitrogens with zero attached hydrogens (tertiary/aromatic N) is 5. The molecule has 1 atom stereocenters. The number of anilines is 3. The number of hydrogen-bond acceptors (Lipinski definition) is 7. The number of nitrogens with one attached hydrogen (secondary N) is 2. The molecule has 0 radical (unpaired) electrons. The Morgan fingerprint density at radius 3 is 2.51 bits per heavy atom. The SMILES string of the molecule is C[C@@H](NC(=O)c1nn(C)c2c1CCc1cnc(Nc3ccc(N4CCOCC4)cc3)nc1-2)c1ccccc1.Cl. The Hall–Kier alpha value is -3.95. The summed E-state index contributed by atoms with van der Waals surface area (Å²) in [7, 11) is 1.87. The van der Waals surface area contributed by atoms with Crippen LogP contribution >= 0.6 is 12.4 Å². The number of benzene rings is 2. The Bertz CT molecular complexity index is 1450. The summed E-state index contributed by atoms with van der Waals surface area (Å²) in [5.74, 6) is 0.343. The number of aromatic nitrogens is 4. The molecule has 0 saturated carbocycles. The van der Waals surface area contributed by atoms with E-state index >= 15 is 0 Å². The number of halogens is 1. The van der Waals surface area contributed by atoms with Crippen molar-refractivity contribution in [2.24, 2.45) is 7.05 Å². The number of carbonyl (C=O) groups excluding carboxylic acids is 1. The smallest absolute Gasteiger partial charge is 0.272 e. The van der Waals surface area contributed by atoms with Gasteiger partial charge >= 0.3 is 0 Å². The van der Waals surface area contributed by atoms with Gasteiger partial charge in [-0.1, -0.05) is 30.3 Å². The van der Waals surface area contributed by atoms with Crippen LogP contribution in [0.5, 0.6) is 0 Å². The van der Waals surface area contributed by atoms with Gasteiger partial charge in [0.05, 0.1) is 30.6 Å². The van der Waals surface area contributed by atoms with E-state index in [4.69, 9.17) is 9.72 Å². The van der Waals surface area contributed by atoms with Gasteiger partial charge in [0.2, 0.25) is 5.95 Å². The van der Waals surface area contributed by atoms with Crippen molar-refractivity contribution in [2.75, 3.05) is 36.5 Å². The van der Waals surface area contributed by atoms with Crippen molar-refractivity contribution < 1.29 is 9.53 Å². The first kappa shape index (κ1) is 26.6. The fraction of sp³-hybridized carbons (Fsp3) is 0.310. The lowest BCUT2D eigenvalue weighted by atomic mass is 9.93. The topological polar surface area (TPSA) is 97.2 Å². The average Bonchev–Trinajstić information content (AvgIpc) is 3.31. The van der Waals surface area contributed by atoms with Crippen LogP contribution in [-0.4, -0.2) is 52.0 Å². The zero-order valence-electron chi connectivity index (χ0n) is 22.1. The Labute approximate surface area is 234 Å². The summed E-state index contributed by atoms with van der Waals surface area (Å²) < 4.78 is 7.22. The van der Waals surface area contributed by atoms with Crippen molar-refractivity contribution >= 4 is 35.6 Å². The molecule has 1 fully saturated rings. The minimum absolute atomic E-state index is 0. The normalized spacial score (nSPS) is 15.0. The zero-order chi connectivity index (χ0) is 26.1. The highest BCUT2D eigenvalue weighted by molar-refractivity contribution is 5.96. The maximum absolute atomic E-state index is 13.2. The highest BCUT2D eigenvalue weighted by Gasteiger charge is 2.29. The molecule has 0 spiro atoms. The lowest BCUT2D eigenvalue weighted by Crippen LogP contribution is -2.36. The number of fused-ring (bicyclic) bond motifs is 3. The van der Waals surface area contributed by atoms with Gasteiger partial charge in [-0.05, 0) is 55.2 Å². The lowest BCUT2D eigenvalue weighted by Gasteiger charge is -2.28. The molecule has 1 amide bonds. The molecule has 2 aromatic heterocycles. The van der Waals surface area contributed by atoms with E-state index in [1.54, 1.807) is 4.68 Å². The first-order valence-corrected chi connectivity index (χ1v) is 13.0. The molecule has 6 rings (SSSR count). The monoisotopic (exact) mass is 545 g/mol. The van der Waals surface area contributed by atoms with Crippen LogP contribution in [-0.2, 0) is 24.6 Å². The molecule has 0 unspecified atom stereocenters. The van der Waals surface area contributed by atoms with Crippen LogP contribution in [0.15, 0.2) is 60.8 Å². The average molecular weight is 546 g/mol. The summed E-state index contributed by atoms with van der Waals surface area (Å²) >= 11 is 0. The van der Waals surface area contributed by atoms with Crippen LogP contribution in [0.3, 0.4) is 0 Å². The Balaban J connectivity index is 0.00000308. The van der Waals surface area contributed by atoms with Crippen molar-refractivity contribution in [1.82, 2.24) is 25.1 Å². The second-order valence-corrected chi connectivity index (χ2v) is 9.74. The molecule has 39 heavy (non-hydrogen) atoms. The summed E-state index contributed by atoms with van der Waals surface area (Å²) in [6, 6.07) is 18.1. The van der Waals surface area contributed by atoms with Crippen molar-refractivity contribution in [1.29, 1.82) is 0 Å². The standard InChI is InChI=1S/C29H31N7O2.ClH/c1-19(20-6-4-3-5-7-20)31-28(37)26-24-13-8-21-18-30-29(33-25(21)27(24)35(2)34-26)32-22-9-11-23(12-10-22)36-14-16-38-17-15-36;/h3-7,9-12,18-19H,8,13-17H2,1-2H3,(H,31,37)(H,30,32,33);1H/t19-;/m1./s1. The van der Waals surface area contributed by atoms with Gasteiger partial charge in [-0.3, -0.25) is 9.48 Å². The van der Waals surface area contributed by atoms with Crippen molar-refractivity contribution in [3.63, 3.8) is 0 Å². The molecule has 9 nitrogen and oxygen atoms in total. The summed E-state index contributed by atoms with van der Waals surface area (Å²) in [5, 5.41) is 11.1. The first-order chi connectivity index (χ1) is 18.6. The van der Waals surface area contributed by atoms with Gasteiger partial charge in [0.25, 0.3) is 5.91 Å². The van der Waals surface area contributed by atoms with Crippen molar-refractivity contribution in [2.45, 2.75) is 25.8 Å². The van der Waals surface area contributed by atoms with Crippen molar-refractivity contribution in [3.8, 4) is 11.4 Å². The molecular weight excluding hydrogens is 514 g/mol. The highest BCUT2D eigenvalue weighted by Crippen LogP contribution is 2.34. The molecule has 2 aromatic carbocycles. The number of aryl methyl sites for hydroxylation is 2. The summed E-state index contributed by atoms with van der Waals surface area (Å²) in [4.78, 5) is 25.0. The number of carbonyl (C=O) groups is 1. The van der Waals surface area contributed by atoms with E-state index in [9.17, 15) is 4.79 Å². The van der Waals surface area contributed by atoms with Crippen LogP contribution in [0.1, 0.15) is 40.1 Å². The molecule has 0 bridgehead atoms. The highest BCUT2D eigenvalue weighted by atomic mass is 35.5. The summed E-state index contributed by atoms with van der Waals surface area (Å²) in [6.07, 6.45) is 3.36. The second-order valence-electron chi connectivity index (χ2n) is 9.74. The number of hydrogen-bond donors (Lipinski definition) is 2. The van der Waals surface area contributed by atoms with E-state index in [1.165, 1.54) is 5.69 Å². The third-order valence-electron chi connectivity index (χ3n) is 7.24. The Kier molecular flexibility index (Phi) is 7.81. The molecule has 10 heteroatoms. The van der Waals surface area contributed by atoms with E-state index in [1.807, 2.05) is 62.6 Å². The van der Waals surface area contributed by atoms with Crippen LogP contribution in [0.2, 0.25) is 0 Å². The van der Waals surface area contributed by atoms with Gasteiger partial charge in [0, 0.05) is 43.3 Å². The first-order valence-electron chi connectivity index (χ1n) is 13.0. The van der Waals surface area contributed by atoms with E-state index < -0.39 is 0 Å². The molecular formula is C29H32ClN7O2. The largest absolute Gasteiger partial charge is 0.378 e. The quantitative estimate of drug-likeness (QED) is 0.369. The number of ether oxygens (including phenoxy) is 1. The molecule has 202 valence electrons. The van der Waals surface area contributed by atoms with Crippen LogP contribution in [0.25, 0.3) is 11.4 Å². The molecule has 4 aromatic rings. The van der Waals surface area contributed by atoms with E-state index in [0.717, 1.165) is 72.9 Å². The van der Waals surface area contributed by atoms with Gasteiger partial charge in [-0.2, -0.15) is 5.10 Å². The van der Waals surface area contributed by atoms with Gasteiger partial charge in [-0.15, -0.1) is 12.4 Å². The fourth-order valence-electron chi connectivity index (χ4n) is 5.19. The van der Waals surface area contributed by atoms with Crippen LogP contribution in [0.4, 0.5) is 17.3 Å². The lowest BCUT2D eigenvalue weighted by molar-refractivity contribution is 0.0933. The number of amides is 1. The maximum Gasteiger partial charge on any atom is 0.272 e. The second kappa shape index (κ2) is 11.4. The predicted octanol–water partition coefficient (Wildman–Crippen LogP) is 4.47. The molecule has 2 aliphatic rings. The molecule has 1 aliphatic carbocycles. The van der Waals surface area contributed by atoms with E-state index in [2.05, 4.69) is 37.7 Å². The number of rotatable bonds is 6. The molecule has 1 aliphatic heterocycles. The Morgan fingerprint density at radius 1 is 1.03 bits per heavy atom. The third-order valence-corrected chi connectivity index (χ3v) is 7.24. The van der Waals surface area contributed by atoms with Gasteiger partial charge < -0.3 is 20.3 Å². The number of morpholine rings is 1. The van der Waals surface area contributed by atoms with Gasteiger partial charge in [0.1, 0.15) is 0 Å². The van der Waals surface area contributed by atoms with Crippen LogP contribution in [0, 0.1) is 0 Å². The third kappa shape index (κ3) is 5.46. The fourth-order valence-corrected chi connectivity index (χ4v) is 5.19. The van der Waals surface area contributed by atoms with E-state index in [0.29, 0.717) is 11.6 Å². The molecule has 1 saturated heterocycles. The van der Waals surface area contributed by atoms with Gasteiger partial charge in [-0.25, -0.2) is 9.97 Å². The van der Waals surface area contributed by atoms with E-state index in [-0.39, 0.29) is 24.4 Å².